The van der Waals surface area contributed by atoms with Gasteiger partial charge >= 0.3 is 5.97 Å². The van der Waals surface area contributed by atoms with Crippen molar-refractivity contribution in [3.63, 3.8) is 0 Å². The standard InChI is InChI=1S/C10H20O2Si/c1-10(2,3)8-7(9(11)12-8)13(4,5)6/h7-8H,1-6H3/t7-,8-/m1/s1. The van der Waals surface area contributed by atoms with Crippen molar-refractivity contribution in [1.82, 2.24) is 0 Å². The summed E-state index contributed by atoms with van der Waals surface area (Å²) in [6.45, 7) is 13.1. The van der Waals surface area contributed by atoms with Crippen LogP contribution >= 0.6 is 0 Å². The van der Waals surface area contributed by atoms with Gasteiger partial charge in [-0.1, -0.05) is 40.4 Å². The number of carbonyl (C=O) groups is 1. The van der Waals surface area contributed by atoms with Gasteiger partial charge in [-0.3, -0.25) is 4.79 Å². The summed E-state index contributed by atoms with van der Waals surface area (Å²) in [7, 11) is -1.38. The Bertz CT molecular complexity index is 222. The molecule has 0 saturated carbocycles. The number of esters is 1. The quantitative estimate of drug-likeness (QED) is 0.480. The zero-order valence-electron chi connectivity index (χ0n) is 9.47. The molecule has 0 unspecified atom stereocenters. The zero-order chi connectivity index (χ0) is 10.4. The van der Waals surface area contributed by atoms with Crippen molar-refractivity contribution in [2.45, 2.75) is 52.1 Å². The van der Waals surface area contributed by atoms with Gasteiger partial charge in [-0.2, -0.15) is 0 Å². The summed E-state index contributed by atoms with van der Waals surface area (Å²) in [5.74, 6) is 0.0269. The summed E-state index contributed by atoms with van der Waals surface area (Å²) in [5.41, 5.74) is 0.297. The summed E-state index contributed by atoms with van der Waals surface area (Å²) in [5, 5.41) is 0. The average molecular weight is 200 g/mol. The van der Waals surface area contributed by atoms with Crippen LogP contribution in [-0.4, -0.2) is 20.1 Å². The summed E-state index contributed by atoms with van der Waals surface area (Å²) >= 11 is 0. The first-order chi connectivity index (χ1) is 5.64. The predicted molar refractivity (Wildman–Crippen MR) is 56.4 cm³/mol. The second-order valence-electron chi connectivity index (χ2n) is 6.07. The van der Waals surface area contributed by atoms with Crippen LogP contribution in [0.25, 0.3) is 0 Å². The molecule has 1 fully saturated rings. The molecule has 0 aliphatic carbocycles. The van der Waals surface area contributed by atoms with Crippen molar-refractivity contribution in [2.75, 3.05) is 0 Å². The van der Waals surface area contributed by atoms with Crippen LogP contribution in [0.3, 0.4) is 0 Å². The van der Waals surface area contributed by atoms with E-state index in [9.17, 15) is 4.79 Å². The van der Waals surface area contributed by atoms with Crippen molar-refractivity contribution in [2.24, 2.45) is 5.41 Å². The Hall–Kier alpha value is -0.313. The van der Waals surface area contributed by atoms with Gasteiger partial charge in [0.05, 0.1) is 13.6 Å². The molecule has 1 heterocycles. The molecule has 2 nitrogen and oxygen atoms in total. The third kappa shape index (κ3) is 1.95. The summed E-state index contributed by atoms with van der Waals surface area (Å²) in [6, 6.07) is 0. The van der Waals surface area contributed by atoms with Crippen LogP contribution in [0.15, 0.2) is 0 Å². The second-order valence-corrected chi connectivity index (χ2v) is 11.4. The highest BCUT2D eigenvalue weighted by Crippen LogP contribution is 2.45. The Labute approximate surface area is 81.7 Å². The second kappa shape index (κ2) is 2.84. The number of ether oxygens (including phenoxy) is 1. The molecule has 3 heteroatoms. The maximum Gasteiger partial charge on any atom is 0.310 e. The molecule has 0 amide bonds. The smallest absolute Gasteiger partial charge is 0.310 e. The molecule has 76 valence electrons. The van der Waals surface area contributed by atoms with Gasteiger partial charge in [0, 0.05) is 0 Å². The average Bonchev–Trinajstić information content (AvgIpc) is 1.75. The van der Waals surface area contributed by atoms with Gasteiger partial charge in [0.1, 0.15) is 6.10 Å². The Morgan fingerprint density at radius 2 is 1.69 bits per heavy atom. The van der Waals surface area contributed by atoms with E-state index in [0.717, 1.165) is 0 Å². The number of hydrogen-bond acceptors (Lipinski definition) is 2. The molecular weight excluding hydrogens is 180 g/mol. The third-order valence-electron chi connectivity index (χ3n) is 2.59. The van der Waals surface area contributed by atoms with Crippen molar-refractivity contribution in [3.8, 4) is 0 Å². The van der Waals surface area contributed by atoms with Gasteiger partial charge in [0.2, 0.25) is 0 Å². The molecule has 0 aromatic rings. The highest BCUT2D eigenvalue weighted by atomic mass is 28.3. The van der Waals surface area contributed by atoms with Gasteiger partial charge in [0.25, 0.3) is 0 Å². The fourth-order valence-electron chi connectivity index (χ4n) is 1.80. The summed E-state index contributed by atoms with van der Waals surface area (Å²) < 4.78 is 5.24. The number of cyclic esters (lactones) is 1. The number of carbonyl (C=O) groups excluding carboxylic acids is 1. The molecular formula is C10H20O2Si. The normalized spacial score (nSPS) is 29.5. The van der Waals surface area contributed by atoms with E-state index in [-0.39, 0.29) is 23.0 Å². The van der Waals surface area contributed by atoms with Gasteiger partial charge < -0.3 is 4.74 Å². The van der Waals surface area contributed by atoms with Gasteiger partial charge in [-0.05, 0) is 5.41 Å². The molecule has 0 aromatic heterocycles. The van der Waals surface area contributed by atoms with E-state index < -0.39 is 8.07 Å². The van der Waals surface area contributed by atoms with Gasteiger partial charge in [-0.25, -0.2) is 0 Å². The van der Waals surface area contributed by atoms with Crippen LogP contribution in [0.5, 0.6) is 0 Å². The molecule has 0 bridgehead atoms. The Morgan fingerprint density at radius 1 is 1.23 bits per heavy atom. The monoisotopic (exact) mass is 200 g/mol. The SMILES string of the molecule is CC(C)(C)[C@@H]1OC(=O)[C@@H]1[Si](C)(C)C. The number of hydrogen-bond donors (Lipinski definition) is 0. The van der Waals surface area contributed by atoms with Gasteiger partial charge in [0.15, 0.2) is 0 Å². The lowest BCUT2D eigenvalue weighted by molar-refractivity contribution is -0.180. The first-order valence-corrected chi connectivity index (χ1v) is 8.42. The van der Waals surface area contributed by atoms with E-state index in [0.29, 0.717) is 0 Å². The van der Waals surface area contributed by atoms with E-state index in [4.69, 9.17) is 4.74 Å². The largest absolute Gasteiger partial charge is 0.461 e. The predicted octanol–water partition coefficient (Wildman–Crippen LogP) is 2.67. The van der Waals surface area contributed by atoms with E-state index in [1.807, 2.05) is 0 Å². The van der Waals surface area contributed by atoms with Crippen LogP contribution in [0, 0.1) is 5.41 Å². The van der Waals surface area contributed by atoms with E-state index in [2.05, 4.69) is 40.4 Å². The third-order valence-corrected chi connectivity index (χ3v) is 4.99. The highest BCUT2D eigenvalue weighted by Gasteiger charge is 2.54. The molecule has 2 atom stereocenters. The summed E-state index contributed by atoms with van der Waals surface area (Å²) in [4.78, 5) is 11.3. The van der Waals surface area contributed by atoms with Crippen molar-refractivity contribution in [3.05, 3.63) is 0 Å². The maximum absolute atomic E-state index is 11.3. The molecule has 13 heavy (non-hydrogen) atoms. The minimum Gasteiger partial charge on any atom is -0.461 e. The molecule has 1 saturated heterocycles. The molecule has 0 N–H and O–H groups in total. The molecule has 0 radical (unpaired) electrons. The number of rotatable bonds is 1. The molecule has 0 spiro atoms. The van der Waals surface area contributed by atoms with Crippen molar-refractivity contribution >= 4 is 14.0 Å². The molecule has 1 aliphatic heterocycles. The van der Waals surface area contributed by atoms with Crippen LogP contribution in [0.2, 0.25) is 25.2 Å². The lowest BCUT2D eigenvalue weighted by Crippen LogP contribution is -2.57. The van der Waals surface area contributed by atoms with Crippen molar-refractivity contribution in [1.29, 1.82) is 0 Å². The minimum atomic E-state index is -1.38. The topological polar surface area (TPSA) is 26.3 Å². The minimum absolute atomic E-state index is 0.0269. The van der Waals surface area contributed by atoms with Crippen molar-refractivity contribution < 1.29 is 9.53 Å². The molecule has 1 rings (SSSR count). The van der Waals surface area contributed by atoms with Crippen LogP contribution in [0.1, 0.15) is 20.8 Å². The first kappa shape index (κ1) is 10.8. The van der Waals surface area contributed by atoms with E-state index in [1.165, 1.54) is 0 Å². The fourth-order valence-corrected chi connectivity index (χ4v) is 4.05. The van der Waals surface area contributed by atoms with Crippen LogP contribution in [0.4, 0.5) is 0 Å². The molecule has 0 aromatic carbocycles. The highest BCUT2D eigenvalue weighted by molar-refractivity contribution is 6.81. The Morgan fingerprint density at radius 3 is 1.85 bits per heavy atom. The van der Waals surface area contributed by atoms with Crippen LogP contribution in [-0.2, 0) is 9.53 Å². The zero-order valence-corrected chi connectivity index (χ0v) is 10.5. The Kier molecular flexibility index (Phi) is 2.35. The van der Waals surface area contributed by atoms with Crippen LogP contribution < -0.4 is 0 Å². The van der Waals surface area contributed by atoms with Gasteiger partial charge in [-0.15, -0.1) is 0 Å². The van der Waals surface area contributed by atoms with E-state index >= 15 is 0 Å². The van der Waals surface area contributed by atoms with E-state index in [1.54, 1.807) is 0 Å². The molecule has 1 aliphatic rings. The lowest BCUT2D eigenvalue weighted by Gasteiger charge is -2.48. The Balaban J connectivity index is 2.79. The lowest BCUT2D eigenvalue weighted by atomic mass is 9.84. The first-order valence-electron chi connectivity index (χ1n) is 4.84. The fraction of sp³-hybridized carbons (Fsp3) is 0.900. The summed E-state index contributed by atoms with van der Waals surface area (Å²) in [6.07, 6.45) is 0.145. The maximum atomic E-state index is 11.3.